The summed E-state index contributed by atoms with van der Waals surface area (Å²) in [4.78, 5) is 15.8. The van der Waals surface area contributed by atoms with Crippen LogP contribution in [0.4, 0.5) is 4.39 Å². The molecule has 140 valence electrons. The Kier molecular flexibility index (Phi) is 4.61. The molecule has 2 aromatic heterocycles. The maximum absolute atomic E-state index is 13.0. The van der Waals surface area contributed by atoms with Gasteiger partial charge in [0.2, 0.25) is 11.7 Å². The summed E-state index contributed by atoms with van der Waals surface area (Å²) >= 11 is 0. The summed E-state index contributed by atoms with van der Waals surface area (Å²) < 4.78 is 17.7. The lowest BCUT2D eigenvalue weighted by Crippen LogP contribution is -2.40. The number of rotatable bonds is 4. The van der Waals surface area contributed by atoms with Crippen LogP contribution in [0.2, 0.25) is 0 Å². The predicted molar refractivity (Wildman–Crippen MR) is 90.8 cm³/mol. The van der Waals surface area contributed by atoms with E-state index in [1.807, 2.05) is 4.90 Å². The van der Waals surface area contributed by atoms with Gasteiger partial charge < -0.3 is 4.90 Å². The zero-order valence-electron chi connectivity index (χ0n) is 14.7. The molecule has 3 aromatic rings. The second kappa shape index (κ2) is 7.22. The Morgan fingerprint density at radius 1 is 1.22 bits per heavy atom. The van der Waals surface area contributed by atoms with Crippen molar-refractivity contribution >= 4 is 5.91 Å². The van der Waals surface area contributed by atoms with Crippen molar-refractivity contribution in [3.05, 3.63) is 41.5 Å². The minimum absolute atomic E-state index is 0.00537. The molecule has 0 unspecified atom stereocenters. The van der Waals surface area contributed by atoms with Gasteiger partial charge in [-0.25, -0.2) is 9.02 Å². The topological polar surface area (TPSA) is 103 Å². The Morgan fingerprint density at radius 2 is 1.96 bits per heavy atom. The van der Waals surface area contributed by atoms with Crippen LogP contribution in [-0.4, -0.2) is 54.4 Å². The van der Waals surface area contributed by atoms with Gasteiger partial charge in [-0.15, -0.1) is 10.2 Å². The van der Waals surface area contributed by atoms with E-state index in [0.29, 0.717) is 35.9 Å². The molecular weight excluding hydrogens is 353 g/mol. The molecule has 0 bridgehead atoms. The molecule has 0 N–H and O–H groups in total. The maximum Gasteiger partial charge on any atom is 0.228 e. The van der Waals surface area contributed by atoms with Crippen LogP contribution in [0.5, 0.6) is 0 Å². The molecule has 0 saturated carbocycles. The highest BCUT2D eigenvalue weighted by molar-refractivity contribution is 5.78. The molecule has 0 atom stereocenters. The van der Waals surface area contributed by atoms with Crippen LogP contribution in [0.1, 0.15) is 30.3 Å². The summed E-state index contributed by atoms with van der Waals surface area (Å²) in [5.74, 6) is 0.160. The van der Waals surface area contributed by atoms with Crippen LogP contribution in [0.3, 0.4) is 0 Å². The lowest BCUT2D eigenvalue weighted by Gasteiger charge is -2.31. The molecule has 4 rings (SSSR count). The number of halogens is 1. The number of tetrazole rings is 1. The molecule has 10 heteroatoms. The Hall–Kier alpha value is -3.17. The predicted octanol–water partition coefficient (Wildman–Crippen LogP) is 1.58. The summed E-state index contributed by atoms with van der Waals surface area (Å²) in [5.41, 5.74) is 1.93. The number of nitrogens with zero attached hydrogens (tertiary/aromatic N) is 7. The average molecular weight is 371 g/mol. The highest BCUT2D eigenvalue weighted by atomic mass is 19.1. The standard InChI is InChI=1S/C17H18FN7O2/c1-11-15(22-27-21-11)10-16(26)24-8-6-14(7-9-24)25-20-17(19-23-25)12-2-4-13(18)5-3-12/h2-5,14H,6-10H2,1H3. The quantitative estimate of drug-likeness (QED) is 0.686. The smallest absolute Gasteiger partial charge is 0.228 e. The number of carbonyl (C=O) groups excluding carboxylic acids is 1. The third-order valence-electron chi connectivity index (χ3n) is 4.74. The van der Waals surface area contributed by atoms with Gasteiger partial charge in [-0.1, -0.05) is 10.3 Å². The number of benzene rings is 1. The average Bonchev–Trinajstić information content (AvgIpc) is 3.32. The van der Waals surface area contributed by atoms with Gasteiger partial charge in [-0.2, -0.15) is 4.80 Å². The van der Waals surface area contributed by atoms with E-state index in [0.717, 1.165) is 12.8 Å². The Bertz CT molecular complexity index is 929. The fraction of sp³-hybridized carbons (Fsp3) is 0.412. The van der Waals surface area contributed by atoms with E-state index in [4.69, 9.17) is 0 Å². The van der Waals surface area contributed by atoms with Crippen molar-refractivity contribution in [2.24, 2.45) is 0 Å². The number of carbonyl (C=O) groups is 1. The van der Waals surface area contributed by atoms with Crippen LogP contribution < -0.4 is 0 Å². The summed E-state index contributed by atoms with van der Waals surface area (Å²) in [7, 11) is 0. The van der Waals surface area contributed by atoms with Crippen molar-refractivity contribution in [2.45, 2.75) is 32.2 Å². The van der Waals surface area contributed by atoms with Gasteiger partial charge in [-0.05, 0) is 49.2 Å². The van der Waals surface area contributed by atoms with Gasteiger partial charge in [-0.3, -0.25) is 4.79 Å². The first kappa shape index (κ1) is 17.3. The molecular formula is C17H18FN7O2. The highest BCUT2D eigenvalue weighted by Gasteiger charge is 2.26. The van der Waals surface area contributed by atoms with E-state index in [9.17, 15) is 9.18 Å². The number of likely N-dealkylation sites (tertiary alicyclic amines) is 1. The highest BCUT2D eigenvalue weighted by Crippen LogP contribution is 2.23. The first-order valence-corrected chi connectivity index (χ1v) is 8.71. The van der Waals surface area contributed by atoms with Crippen molar-refractivity contribution in [3.63, 3.8) is 0 Å². The summed E-state index contributed by atoms with van der Waals surface area (Å²) in [5, 5.41) is 20.1. The van der Waals surface area contributed by atoms with E-state index >= 15 is 0 Å². The Labute approximate surface area is 154 Å². The minimum atomic E-state index is -0.306. The number of amides is 1. The minimum Gasteiger partial charge on any atom is -0.342 e. The largest absolute Gasteiger partial charge is 0.342 e. The first-order chi connectivity index (χ1) is 13.1. The molecule has 1 aromatic carbocycles. The lowest BCUT2D eigenvalue weighted by atomic mass is 10.1. The van der Waals surface area contributed by atoms with Crippen LogP contribution in [0.15, 0.2) is 28.9 Å². The second-order valence-electron chi connectivity index (χ2n) is 6.53. The van der Waals surface area contributed by atoms with Crippen LogP contribution in [-0.2, 0) is 11.2 Å². The summed E-state index contributed by atoms with van der Waals surface area (Å²) in [6.07, 6.45) is 1.66. The van der Waals surface area contributed by atoms with Gasteiger partial charge >= 0.3 is 0 Å². The molecule has 9 nitrogen and oxygen atoms in total. The molecule has 1 aliphatic rings. The Balaban J connectivity index is 1.36. The van der Waals surface area contributed by atoms with Crippen molar-refractivity contribution in [1.29, 1.82) is 0 Å². The van der Waals surface area contributed by atoms with Crippen LogP contribution in [0.25, 0.3) is 11.4 Å². The summed E-state index contributed by atoms with van der Waals surface area (Å²) in [6.45, 7) is 2.99. The van der Waals surface area contributed by atoms with Crippen molar-refractivity contribution in [1.82, 2.24) is 35.4 Å². The van der Waals surface area contributed by atoms with Crippen LogP contribution in [0, 0.1) is 12.7 Å². The number of aromatic nitrogens is 6. The fourth-order valence-electron chi connectivity index (χ4n) is 3.11. The lowest BCUT2D eigenvalue weighted by molar-refractivity contribution is -0.131. The van der Waals surface area contributed by atoms with Gasteiger partial charge in [0.25, 0.3) is 0 Å². The molecule has 27 heavy (non-hydrogen) atoms. The SMILES string of the molecule is Cc1nonc1CC(=O)N1CCC(n2nnc(-c3ccc(F)cc3)n2)CC1. The number of piperidine rings is 1. The first-order valence-electron chi connectivity index (χ1n) is 8.71. The molecule has 0 spiro atoms. The second-order valence-corrected chi connectivity index (χ2v) is 6.53. The third kappa shape index (κ3) is 3.69. The molecule has 1 amide bonds. The van der Waals surface area contributed by atoms with Gasteiger partial charge in [0.1, 0.15) is 17.2 Å². The van der Waals surface area contributed by atoms with E-state index in [-0.39, 0.29) is 24.2 Å². The third-order valence-corrected chi connectivity index (χ3v) is 4.74. The van der Waals surface area contributed by atoms with Crippen molar-refractivity contribution in [2.75, 3.05) is 13.1 Å². The number of aryl methyl sites for hydroxylation is 1. The van der Waals surface area contributed by atoms with Crippen molar-refractivity contribution in [3.8, 4) is 11.4 Å². The molecule has 1 fully saturated rings. The Morgan fingerprint density at radius 3 is 2.63 bits per heavy atom. The maximum atomic E-state index is 13.0. The van der Waals surface area contributed by atoms with Gasteiger partial charge in [0, 0.05) is 18.7 Å². The monoisotopic (exact) mass is 371 g/mol. The van der Waals surface area contributed by atoms with Gasteiger partial charge in [0.15, 0.2) is 0 Å². The number of hydrogen-bond donors (Lipinski definition) is 0. The molecule has 1 aliphatic heterocycles. The molecule has 1 saturated heterocycles. The molecule has 0 aliphatic carbocycles. The van der Waals surface area contributed by atoms with Crippen LogP contribution >= 0.6 is 0 Å². The number of hydrogen-bond acceptors (Lipinski definition) is 7. The van der Waals surface area contributed by atoms with E-state index < -0.39 is 0 Å². The van der Waals surface area contributed by atoms with Crippen molar-refractivity contribution < 1.29 is 13.8 Å². The summed E-state index contributed by atoms with van der Waals surface area (Å²) in [6, 6.07) is 6.06. The fourth-order valence-corrected chi connectivity index (χ4v) is 3.11. The van der Waals surface area contributed by atoms with Gasteiger partial charge in [0.05, 0.1) is 12.5 Å². The molecule has 3 heterocycles. The van der Waals surface area contributed by atoms with E-state index in [2.05, 4.69) is 30.4 Å². The zero-order chi connectivity index (χ0) is 18.8. The normalized spacial score (nSPS) is 15.3. The van der Waals surface area contributed by atoms with E-state index in [1.165, 1.54) is 12.1 Å². The molecule has 0 radical (unpaired) electrons. The zero-order valence-corrected chi connectivity index (χ0v) is 14.7. The van der Waals surface area contributed by atoms with E-state index in [1.54, 1.807) is 23.9 Å².